The summed E-state index contributed by atoms with van der Waals surface area (Å²) in [5, 5.41) is 0.0331. The Labute approximate surface area is 114 Å². The van der Waals surface area contributed by atoms with Gasteiger partial charge >= 0.3 is 6.18 Å². The van der Waals surface area contributed by atoms with E-state index in [4.69, 9.17) is 17.3 Å². The van der Waals surface area contributed by atoms with E-state index in [0.29, 0.717) is 0 Å². The molecule has 1 saturated carbocycles. The molecule has 0 aliphatic heterocycles. The highest BCUT2D eigenvalue weighted by atomic mass is 35.5. The van der Waals surface area contributed by atoms with Crippen molar-refractivity contribution in [2.75, 3.05) is 0 Å². The maximum absolute atomic E-state index is 12.9. The Balaban J connectivity index is 2.36. The highest BCUT2D eigenvalue weighted by Gasteiger charge is 2.34. The number of rotatable bonds is 2. The van der Waals surface area contributed by atoms with Crippen LogP contribution in [0.15, 0.2) is 23.2 Å². The average Bonchev–Trinajstić information content (AvgIpc) is 2.83. The van der Waals surface area contributed by atoms with Gasteiger partial charge in [-0.2, -0.15) is 13.2 Å². The van der Waals surface area contributed by atoms with Gasteiger partial charge in [-0.1, -0.05) is 24.4 Å². The lowest BCUT2D eigenvalue weighted by molar-refractivity contribution is -0.137. The fourth-order valence-corrected chi connectivity index (χ4v) is 2.46. The van der Waals surface area contributed by atoms with E-state index in [0.717, 1.165) is 31.7 Å². The lowest BCUT2D eigenvalue weighted by Gasteiger charge is -2.13. The zero-order chi connectivity index (χ0) is 14.0. The van der Waals surface area contributed by atoms with Crippen LogP contribution in [0.5, 0.6) is 0 Å². The van der Waals surface area contributed by atoms with Crippen LogP contribution in [0.1, 0.15) is 31.2 Å². The monoisotopic (exact) mass is 290 g/mol. The van der Waals surface area contributed by atoms with E-state index in [1.807, 2.05) is 0 Å². The maximum atomic E-state index is 12.9. The van der Waals surface area contributed by atoms with Crippen molar-refractivity contribution in [3.05, 3.63) is 28.8 Å². The Morgan fingerprint density at radius 3 is 2.47 bits per heavy atom. The second-order valence-electron chi connectivity index (χ2n) is 4.68. The standard InChI is InChI=1S/C13H14ClF3N2/c14-9-5-6-11(10(7-9)13(15,16)17)19-12(18)8-3-1-2-4-8/h5-8H,1-4H2,(H2,18,19). The molecular formula is C13H14ClF3N2. The molecule has 0 radical (unpaired) electrons. The predicted octanol–water partition coefficient (Wildman–Crippen LogP) is 4.54. The second kappa shape index (κ2) is 5.41. The molecule has 0 aromatic heterocycles. The summed E-state index contributed by atoms with van der Waals surface area (Å²) < 4.78 is 38.7. The number of halogens is 4. The SMILES string of the molecule is NC(=Nc1ccc(Cl)cc1C(F)(F)F)C1CCCC1. The number of nitrogens with zero attached hydrogens (tertiary/aromatic N) is 1. The molecule has 0 bridgehead atoms. The van der Waals surface area contributed by atoms with E-state index in [2.05, 4.69) is 4.99 Å². The van der Waals surface area contributed by atoms with Gasteiger partial charge < -0.3 is 5.73 Å². The number of aliphatic imine (C=N–C) groups is 1. The summed E-state index contributed by atoms with van der Waals surface area (Å²) in [4.78, 5) is 3.96. The minimum absolute atomic E-state index is 0.0331. The molecule has 0 unspecified atom stereocenters. The molecule has 0 amide bonds. The van der Waals surface area contributed by atoms with Crippen LogP contribution in [-0.2, 0) is 6.18 Å². The molecule has 1 aromatic rings. The number of amidine groups is 1. The fraction of sp³-hybridized carbons (Fsp3) is 0.462. The first-order valence-corrected chi connectivity index (χ1v) is 6.46. The van der Waals surface area contributed by atoms with Crippen molar-refractivity contribution in [2.24, 2.45) is 16.6 Å². The maximum Gasteiger partial charge on any atom is 0.418 e. The van der Waals surface area contributed by atoms with E-state index in [-0.39, 0.29) is 22.5 Å². The number of alkyl halides is 3. The third-order valence-electron chi connectivity index (χ3n) is 3.29. The molecule has 2 N–H and O–H groups in total. The first kappa shape index (κ1) is 14.2. The Morgan fingerprint density at radius 2 is 1.89 bits per heavy atom. The van der Waals surface area contributed by atoms with Crippen LogP contribution in [0.25, 0.3) is 0 Å². The smallest absolute Gasteiger partial charge is 0.387 e. The minimum Gasteiger partial charge on any atom is -0.387 e. The first-order chi connectivity index (χ1) is 8.88. The Hall–Kier alpha value is -1.23. The molecular weight excluding hydrogens is 277 g/mol. The molecule has 1 aliphatic carbocycles. The van der Waals surface area contributed by atoms with Crippen molar-refractivity contribution in [2.45, 2.75) is 31.9 Å². The Kier molecular flexibility index (Phi) is 4.04. The lowest BCUT2D eigenvalue weighted by atomic mass is 10.1. The molecule has 0 saturated heterocycles. The summed E-state index contributed by atoms with van der Waals surface area (Å²) in [7, 11) is 0. The molecule has 19 heavy (non-hydrogen) atoms. The van der Waals surface area contributed by atoms with Gasteiger partial charge in [-0.15, -0.1) is 0 Å². The lowest BCUT2D eigenvalue weighted by Crippen LogP contribution is -2.21. The molecule has 2 nitrogen and oxygen atoms in total. The fourth-order valence-electron chi connectivity index (χ4n) is 2.28. The van der Waals surface area contributed by atoms with Crippen molar-refractivity contribution in [3.8, 4) is 0 Å². The van der Waals surface area contributed by atoms with Crippen LogP contribution < -0.4 is 5.73 Å². The highest BCUT2D eigenvalue weighted by Crippen LogP contribution is 2.38. The van der Waals surface area contributed by atoms with Gasteiger partial charge in [0.25, 0.3) is 0 Å². The van der Waals surface area contributed by atoms with Crippen LogP contribution in [0.4, 0.5) is 18.9 Å². The molecule has 0 heterocycles. The van der Waals surface area contributed by atoms with Crippen molar-refractivity contribution in [1.82, 2.24) is 0 Å². The first-order valence-electron chi connectivity index (χ1n) is 6.09. The number of hydrogen-bond acceptors (Lipinski definition) is 1. The largest absolute Gasteiger partial charge is 0.418 e. The summed E-state index contributed by atoms with van der Waals surface area (Å²) in [5.74, 6) is 0.377. The highest BCUT2D eigenvalue weighted by molar-refractivity contribution is 6.30. The van der Waals surface area contributed by atoms with Gasteiger partial charge in [-0.3, -0.25) is 0 Å². The van der Waals surface area contributed by atoms with Gasteiger partial charge in [0.2, 0.25) is 0 Å². The van der Waals surface area contributed by atoms with E-state index in [1.54, 1.807) is 0 Å². The van der Waals surface area contributed by atoms with Gasteiger partial charge in [-0.25, -0.2) is 4.99 Å². The predicted molar refractivity (Wildman–Crippen MR) is 69.7 cm³/mol. The van der Waals surface area contributed by atoms with E-state index in [9.17, 15) is 13.2 Å². The van der Waals surface area contributed by atoms with Gasteiger partial charge in [0.05, 0.1) is 11.3 Å². The summed E-state index contributed by atoms with van der Waals surface area (Å²) in [6.07, 6.45) is -0.602. The molecule has 0 spiro atoms. The average molecular weight is 291 g/mol. The van der Waals surface area contributed by atoms with Gasteiger partial charge in [0.1, 0.15) is 5.84 Å². The van der Waals surface area contributed by atoms with E-state index >= 15 is 0 Å². The number of benzene rings is 1. The zero-order valence-corrected chi connectivity index (χ0v) is 10.9. The molecule has 1 aliphatic rings. The normalized spacial score (nSPS) is 18.0. The number of nitrogens with two attached hydrogens (primary N) is 1. The van der Waals surface area contributed by atoms with E-state index < -0.39 is 11.7 Å². The van der Waals surface area contributed by atoms with Crippen molar-refractivity contribution < 1.29 is 13.2 Å². The third kappa shape index (κ3) is 3.41. The van der Waals surface area contributed by atoms with E-state index in [1.165, 1.54) is 12.1 Å². The van der Waals surface area contributed by atoms with Crippen LogP contribution >= 0.6 is 11.6 Å². The molecule has 0 atom stereocenters. The van der Waals surface area contributed by atoms with Crippen LogP contribution in [0.3, 0.4) is 0 Å². The molecule has 104 valence electrons. The Bertz CT molecular complexity index is 491. The van der Waals surface area contributed by atoms with Gasteiger partial charge in [-0.05, 0) is 31.0 Å². The van der Waals surface area contributed by atoms with Crippen molar-refractivity contribution in [3.63, 3.8) is 0 Å². The second-order valence-corrected chi connectivity index (χ2v) is 5.11. The quantitative estimate of drug-likeness (QED) is 0.630. The summed E-state index contributed by atoms with van der Waals surface area (Å²) in [6, 6.07) is 3.52. The third-order valence-corrected chi connectivity index (χ3v) is 3.52. The van der Waals surface area contributed by atoms with Gasteiger partial charge in [0.15, 0.2) is 0 Å². The van der Waals surface area contributed by atoms with Crippen LogP contribution in [0.2, 0.25) is 5.02 Å². The zero-order valence-electron chi connectivity index (χ0n) is 10.2. The minimum atomic E-state index is -4.49. The molecule has 2 rings (SSSR count). The number of hydrogen-bond donors (Lipinski definition) is 1. The van der Waals surface area contributed by atoms with Crippen LogP contribution in [-0.4, -0.2) is 5.84 Å². The molecule has 6 heteroatoms. The summed E-state index contributed by atoms with van der Waals surface area (Å²) in [6.45, 7) is 0. The summed E-state index contributed by atoms with van der Waals surface area (Å²) in [5.41, 5.74) is 4.80. The van der Waals surface area contributed by atoms with Gasteiger partial charge in [0, 0.05) is 10.9 Å². The summed E-state index contributed by atoms with van der Waals surface area (Å²) >= 11 is 5.61. The molecule has 1 fully saturated rings. The topological polar surface area (TPSA) is 38.4 Å². The Morgan fingerprint density at radius 1 is 1.26 bits per heavy atom. The molecule has 1 aromatic carbocycles. The van der Waals surface area contributed by atoms with Crippen molar-refractivity contribution >= 4 is 23.1 Å². The van der Waals surface area contributed by atoms with Crippen molar-refractivity contribution in [1.29, 1.82) is 0 Å². The van der Waals surface area contributed by atoms with Crippen LogP contribution in [0, 0.1) is 5.92 Å².